The normalized spacial score (nSPS) is 16.8. The molecule has 0 saturated heterocycles. The molecule has 1 atom stereocenters. The summed E-state index contributed by atoms with van der Waals surface area (Å²) >= 11 is 3.62. The van der Waals surface area contributed by atoms with Crippen molar-refractivity contribution in [2.75, 3.05) is 30.4 Å². The summed E-state index contributed by atoms with van der Waals surface area (Å²) in [5.74, 6) is -0.00509. The molecule has 108 valence electrons. The third kappa shape index (κ3) is 2.74. The number of hydrogen-bond donors (Lipinski definition) is 2. The second kappa shape index (κ2) is 5.97. The lowest BCUT2D eigenvalue weighted by Gasteiger charge is -2.25. The van der Waals surface area contributed by atoms with Crippen LogP contribution >= 0.6 is 15.9 Å². The van der Waals surface area contributed by atoms with Crippen LogP contribution in [0.15, 0.2) is 28.8 Å². The zero-order chi connectivity index (χ0) is 14.9. The number of fused-ring (bicyclic) bond motifs is 1. The van der Waals surface area contributed by atoms with E-state index in [-0.39, 0.29) is 11.9 Å². The molecule has 0 fully saturated rings. The largest absolute Gasteiger partial charge is 0.367 e. The smallest absolute Gasteiger partial charge is 0.246 e. The minimum Gasteiger partial charge on any atom is -0.367 e. The number of hydrogen-bond acceptors (Lipinski definition) is 3. The molecule has 1 aliphatic heterocycles. The van der Waals surface area contributed by atoms with Gasteiger partial charge in [0.15, 0.2) is 0 Å². The fraction of sp³-hybridized carbons (Fsp3) is 0.400. The SMILES string of the molecule is C=C(C)CN(CC)c1cc2c(cc1Br)C(NC)C(=O)N2. The Morgan fingerprint density at radius 3 is 2.80 bits per heavy atom. The van der Waals surface area contributed by atoms with Crippen LogP contribution in [0.1, 0.15) is 25.5 Å². The van der Waals surface area contributed by atoms with Crippen LogP contribution in [0.25, 0.3) is 0 Å². The number of carbonyl (C=O) groups is 1. The van der Waals surface area contributed by atoms with Gasteiger partial charge in [-0.1, -0.05) is 12.2 Å². The first kappa shape index (κ1) is 15.1. The summed E-state index contributed by atoms with van der Waals surface area (Å²) in [6.07, 6.45) is 0. The summed E-state index contributed by atoms with van der Waals surface area (Å²) in [5, 5.41) is 5.96. The van der Waals surface area contributed by atoms with E-state index in [1.165, 1.54) is 0 Å². The van der Waals surface area contributed by atoms with Gasteiger partial charge in [-0.25, -0.2) is 0 Å². The topological polar surface area (TPSA) is 44.4 Å². The summed E-state index contributed by atoms with van der Waals surface area (Å²) in [6, 6.07) is 3.78. The zero-order valence-corrected chi connectivity index (χ0v) is 13.7. The van der Waals surface area contributed by atoms with Crippen molar-refractivity contribution >= 4 is 33.2 Å². The maximum absolute atomic E-state index is 11.9. The Labute approximate surface area is 128 Å². The number of rotatable bonds is 5. The van der Waals surface area contributed by atoms with Crippen molar-refractivity contribution in [3.05, 3.63) is 34.3 Å². The van der Waals surface area contributed by atoms with Crippen molar-refractivity contribution in [3.8, 4) is 0 Å². The van der Waals surface area contributed by atoms with E-state index in [4.69, 9.17) is 0 Å². The molecule has 2 N–H and O–H groups in total. The standard InChI is InChI=1S/C15H20BrN3O/c1-5-19(8-9(2)3)13-7-12-10(6-11(13)16)14(17-4)15(20)18-12/h6-7,14,17H,2,5,8H2,1,3-4H3,(H,18,20). The molecular formula is C15H20BrN3O. The van der Waals surface area contributed by atoms with Crippen LogP contribution in [-0.4, -0.2) is 26.0 Å². The quantitative estimate of drug-likeness (QED) is 0.811. The first-order chi connectivity index (χ1) is 9.47. The molecular weight excluding hydrogens is 318 g/mol. The second-order valence-electron chi connectivity index (χ2n) is 5.07. The van der Waals surface area contributed by atoms with Crippen molar-refractivity contribution in [3.63, 3.8) is 0 Å². The molecule has 1 aromatic carbocycles. The van der Waals surface area contributed by atoms with E-state index in [9.17, 15) is 4.79 Å². The highest BCUT2D eigenvalue weighted by Crippen LogP contribution is 2.39. The average Bonchev–Trinajstić information content (AvgIpc) is 2.69. The molecule has 1 amide bonds. The summed E-state index contributed by atoms with van der Waals surface area (Å²) < 4.78 is 0.996. The number of nitrogens with zero attached hydrogens (tertiary/aromatic N) is 1. The molecule has 1 aliphatic rings. The highest BCUT2D eigenvalue weighted by atomic mass is 79.9. The first-order valence-corrected chi connectivity index (χ1v) is 7.48. The lowest BCUT2D eigenvalue weighted by Crippen LogP contribution is -2.25. The van der Waals surface area contributed by atoms with E-state index in [0.29, 0.717) is 0 Å². The molecule has 5 heteroatoms. The molecule has 0 radical (unpaired) electrons. The third-order valence-corrected chi connectivity index (χ3v) is 4.06. The van der Waals surface area contributed by atoms with Gasteiger partial charge in [-0.15, -0.1) is 0 Å². The number of anilines is 2. The Morgan fingerprint density at radius 1 is 1.55 bits per heavy atom. The monoisotopic (exact) mass is 337 g/mol. The number of nitrogens with one attached hydrogen (secondary N) is 2. The number of likely N-dealkylation sites (N-methyl/N-ethyl adjacent to an activating group) is 2. The van der Waals surface area contributed by atoms with Crippen molar-refractivity contribution in [2.45, 2.75) is 19.9 Å². The molecule has 2 rings (SSSR count). The maximum Gasteiger partial charge on any atom is 0.246 e. The molecule has 0 saturated carbocycles. The Bertz CT molecular complexity index is 556. The van der Waals surface area contributed by atoms with Crippen LogP contribution in [0.2, 0.25) is 0 Å². The lowest BCUT2D eigenvalue weighted by atomic mass is 10.1. The molecule has 0 aromatic heterocycles. The van der Waals surface area contributed by atoms with E-state index in [2.05, 4.69) is 45.0 Å². The van der Waals surface area contributed by atoms with Gasteiger partial charge < -0.3 is 15.5 Å². The van der Waals surface area contributed by atoms with Gasteiger partial charge in [0, 0.05) is 28.8 Å². The molecule has 20 heavy (non-hydrogen) atoms. The fourth-order valence-corrected chi connectivity index (χ4v) is 3.10. The van der Waals surface area contributed by atoms with Crippen molar-refractivity contribution < 1.29 is 4.79 Å². The van der Waals surface area contributed by atoms with E-state index in [1.807, 2.05) is 19.1 Å². The molecule has 0 bridgehead atoms. The molecule has 1 heterocycles. The van der Waals surface area contributed by atoms with Crippen LogP contribution in [0.4, 0.5) is 11.4 Å². The minimum atomic E-state index is -0.272. The minimum absolute atomic E-state index is 0.00509. The van der Waals surface area contributed by atoms with Gasteiger partial charge >= 0.3 is 0 Å². The van der Waals surface area contributed by atoms with Gasteiger partial charge in [0.25, 0.3) is 0 Å². The zero-order valence-electron chi connectivity index (χ0n) is 12.1. The lowest BCUT2D eigenvalue weighted by molar-refractivity contribution is -0.117. The molecule has 0 spiro atoms. The predicted molar refractivity (Wildman–Crippen MR) is 87.3 cm³/mol. The predicted octanol–water partition coefficient (Wildman–Crippen LogP) is 3.06. The molecule has 4 nitrogen and oxygen atoms in total. The van der Waals surface area contributed by atoms with Gasteiger partial charge in [-0.2, -0.15) is 0 Å². The van der Waals surface area contributed by atoms with Crippen LogP contribution in [0, 0.1) is 0 Å². The second-order valence-corrected chi connectivity index (χ2v) is 5.93. The van der Waals surface area contributed by atoms with Crippen molar-refractivity contribution in [2.24, 2.45) is 0 Å². The molecule has 1 unspecified atom stereocenters. The number of carbonyl (C=O) groups excluding carboxylic acids is 1. The first-order valence-electron chi connectivity index (χ1n) is 6.68. The fourth-order valence-electron chi connectivity index (χ4n) is 2.49. The van der Waals surface area contributed by atoms with E-state index in [0.717, 1.165) is 40.1 Å². The van der Waals surface area contributed by atoms with Crippen LogP contribution in [0.3, 0.4) is 0 Å². The van der Waals surface area contributed by atoms with E-state index < -0.39 is 0 Å². The summed E-state index contributed by atoms with van der Waals surface area (Å²) in [7, 11) is 1.79. The summed E-state index contributed by atoms with van der Waals surface area (Å²) in [5.41, 5.74) is 4.05. The van der Waals surface area contributed by atoms with Crippen LogP contribution in [-0.2, 0) is 4.79 Å². The van der Waals surface area contributed by atoms with Gasteiger partial charge in [0.1, 0.15) is 6.04 Å². The van der Waals surface area contributed by atoms with Crippen molar-refractivity contribution in [1.29, 1.82) is 0 Å². The molecule has 1 aromatic rings. The van der Waals surface area contributed by atoms with Gasteiger partial charge in [0.05, 0.1) is 5.69 Å². The summed E-state index contributed by atoms with van der Waals surface area (Å²) in [4.78, 5) is 14.1. The Hall–Kier alpha value is -1.33. The number of benzene rings is 1. The maximum atomic E-state index is 11.9. The Morgan fingerprint density at radius 2 is 2.25 bits per heavy atom. The van der Waals surface area contributed by atoms with Crippen LogP contribution in [0.5, 0.6) is 0 Å². The van der Waals surface area contributed by atoms with Gasteiger partial charge in [-0.05, 0) is 49.0 Å². The van der Waals surface area contributed by atoms with Crippen LogP contribution < -0.4 is 15.5 Å². The highest BCUT2D eigenvalue weighted by molar-refractivity contribution is 9.10. The number of amides is 1. The van der Waals surface area contributed by atoms with Gasteiger partial charge in [-0.3, -0.25) is 4.79 Å². The Kier molecular flexibility index (Phi) is 4.50. The average molecular weight is 338 g/mol. The highest BCUT2D eigenvalue weighted by Gasteiger charge is 2.30. The van der Waals surface area contributed by atoms with E-state index >= 15 is 0 Å². The number of halogens is 1. The molecule has 0 aliphatic carbocycles. The van der Waals surface area contributed by atoms with Gasteiger partial charge in [0.2, 0.25) is 5.91 Å². The van der Waals surface area contributed by atoms with Crippen molar-refractivity contribution in [1.82, 2.24) is 5.32 Å². The Balaban J connectivity index is 2.41. The van der Waals surface area contributed by atoms with E-state index in [1.54, 1.807) is 7.05 Å². The summed E-state index contributed by atoms with van der Waals surface area (Å²) in [6.45, 7) is 9.78. The third-order valence-electron chi connectivity index (χ3n) is 3.42.